The number of amides is 2. The Hall–Kier alpha value is -4.39. The van der Waals surface area contributed by atoms with Gasteiger partial charge in [0, 0.05) is 11.5 Å². The highest BCUT2D eigenvalue weighted by Crippen LogP contribution is 2.54. The Labute approximate surface area is 220 Å². The number of benzene rings is 3. The van der Waals surface area contributed by atoms with Gasteiger partial charge in [-0.1, -0.05) is 30.3 Å². The van der Waals surface area contributed by atoms with Gasteiger partial charge in [0.05, 0.1) is 37.2 Å². The molecule has 7 heteroatoms. The summed E-state index contributed by atoms with van der Waals surface area (Å²) < 4.78 is 16.6. The van der Waals surface area contributed by atoms with Gasteiger partial charge < -0.3 is 14.2 Å². The molecule has 6 rings (SSSR count). The molecule has 2 amide bonds. The summed E-state index contributed by atoms with van der Waals surface area (Å²) in [6.45, 7) is 4.33. The second-order valence-electron chi connectivity index (χ2n) is 9.81. The molecule has 2 heterocycles. The molecular weight excluding hydrogens is 482 g/mol. The van der Waals surface area contributed by atoms with Crippen LogP contribution in [0.25, 0.3) is 5.57 Å². The highest BCUT2D eigenvalue weighted by molar-refractivity contribution is 6.24. The van der Waals surface area contributed by atoms with Gasteiger partial charge >= 0.3 is 5.97 Å². The average molecular weight is 510 g/mol. The number of imide groups is 1. The Morgan fingerprint density at radius 3 is 2.24 bits per heavy atom. The second-order valence-corrected chi connectivity index (χ2v) is 9.81. The van der Waals surface area contributed by atoms with Crippen LogP contribution in [-0.4, -0.2) is 31.5 Å². The summed E-state index contributed by atoms with van der Waals surface area (Å²) in [5.41, 5.74) is 3.79. The van der Waals surface area contributed by atoms with E-state index in [9.17, 15) is 14.4 Å². The molecule has 0 radical (unpaired) electrons. The Morgan fingerprint density at radius 1 is 0.868 bits per heavy atom. The lowest BCUT2D eigenvalue weighted by Crippen LogP contribution is -2.42. The number of hydrogen-bond acceptors (Lipinski definition) is 6. The van der Waals surface area contributed by atoms with E-state index in [1.165, 1.54) is 4.90 Å². The molecule has 3 aromatic carbocycles. The van der Waals surface area contributed by atoms with Crippen molar-refractivity contribution in [3.05, 3.63) is 89.5 Å². The Bertz CT molecular complexity index is 1470. The van der Waals surface area contributed by atoms with Crippen molar-refractivity contribution in [3.63, 3.8) is 0 Å². The van der Waals surface area contributed by atoms with Crippen molar-refractivity contribution >= 4 is 29.0 Å². The molecule has 0 unspecified atom stereocenters. The van der Waals surface area contributed by atoms with Crippen molar-refractivity contribution < 1.29 is 28.6 Å². The lowest BCUT2D eigenvalue weighted by molar-refractivity contribution is -0.142. The van der Waals surface area contributed by atoms with Crippen molar-refractivity contribution in [1.29, 1.82) is 0 Å². The van der Waals surface area contributed by atoms with Crippen LogP contribution in [0.15, 0.2) is 72.8 Å². The van der Waals surface area contributed by atoms with Crippen LogP contribution in [0.5, 0.6) is 17.2 Å². The first-order valence-corrected chi connectivity index (χ1v) is 12.7. The number of rotatable bonds is 5. The van der Waals surface area contributed by atoms with E-state index in [-0.39, 0.29) is 5.91 Å². The number of esters is 1. The minimum atomic E-state index is -0.886. The van der Waals surface area contributed by atoms with Crippen molar-refractivity contribution in [2.75, 3.05) is 18.6 Å². The van der Waals surface area contributed by atoms with Crippen LogP contribution in [0.4, 0.5) is 5.69 Å². The number of nitrogens with zero attached hydrogens (tertiary/aromatic N) is 1. The van der Waals surface area contributed by atoms with Gasteiger partial charge in [0.2, 0.25) is 11.8 Å². The van der Waals surface area contributed by atoms with Crippen molar-refractivity contribution in [1.82, 2.24) is 0 Å². The van der Waals surface area contributed by atoms with Gasteiger partial charge in [0.15, 0.2) is 0 Å². The molecule has 192 valence electrons. The minimum absolute atomic E-state index is 0.331. The smallest absolute Gasteiger partial charge is 0.319 e. The molecule has 0 saturated carbocycles. The number of allylic oxidation sites excluding steroid dienone is 1. The van der Waals surface area contributed by atoms with Crippen molar-refractivity contribution in [2.45, 2.75) is 19.8 Å². The van der Waals surface area contributed by atoms with Gasteiger partial charge in [-0.15, -0.1) is 0 Å². The van der Waals surface area contributed by atoms with Crippen LogP contribution in [0.3, 0.4) is 0 Å². The maximum absolute atomic E-state index is 14.0. The largest absolute Gasteiger partial charge is 0.497 e. The van der Waals surface area contributed by atoms with E-state index in [1.54, 1.807) is 31.4 Å². The van der Waals surface area contributed by atoms with Gasteiger partial charge in [0.1, 0.15) is 17.2 Å². The zero-order chi connectivity index (χ0) is 26.6. The molecule has 1 aliphatic carbocycles. The summed E-state index contributed by atoms with van der Waals surface area (Å²) >= 11 is 0. The first-order valence-electron chi connectivity index (χ1n) is 12.7. The molecule has 0 bridgehead atoms. The van der Waals surface area contributed by atoms with Crippen LogP contribution in [0.2, 0.25) is 0 Å². The molecule has 1 fully saturated rings. The summed E-state index contributed by atoms with van der Waals surface area (Å²) in [6, 6.07) is 20.1. The van der Waals surface area contributed by atoms with Crippen molar-refractivity contribution in [3.8, 4) is 17.2 Å². The average Bonchev–Trinajstić information content (AvgIpc) is 3.18. The number of aryl methyl sites for hydroxylation is 1. The number of anilines is 1. The summed E-state index contributed by atoms with van der Waals surface area (Å²) in [5.74, 6) is -2.34. The quantitative estimate of drug-likeness (QED) is 0.276. The molecule has 38 heavy (non-hydrogen) atoms. The molecular formula is C31H27NO6. The van der Waals surface area contributed by atoms with Gasteiger partial charge in [-0.2, -0.15) is 0 Å². The molecule has 4 atom stereocenters. The van der Waals surface area contributed by atoms with Gasteiger partial charge in [-0.25, -0.2) is 4.90 Å². The third kappa shape index (κ3) is 3.69. The van der Waals surface area contributed by atoms with E-state index in [1.807, 2.05) is 62.4 Å². The van der Waals surface area contributed by atoms with E-state index < -0.39 is 35.5 Å². The molecule has 3 aromatic rings. The number of carbonyl (C=O) groups excluding carboxylic acids is 3. The molecule has 0 spiro atoms. The van der Waals surface area contributed by atoms with Crippen LogP contribution in [0.1, 0.15) is 29.5 Å². The van der Waals surface area contributed by atoms with E-state index in [0.717, 1.165) is 22.3 Å². The van der Waals surface area contributed by atoms with Gasteiger partial charge in [-0.3, -0.25) is 14.4 Å². The molecule has 0 aromatic heterocycles. The monoisotopic (exact) mass is 509 g/mol. The SMILES string of the molecule is CCOc1ccc(N2C(=O)[C@@H]3[C@@H]4C(=O)Oc5cc(C)ccc5C4=C[C@H](c4ccc(OC)cc4)[C@@H]3C2=O)cc1. The number of carbonyl (C=O) groups is 3. The predicted octanol–water partition coefficient (Wildman–Crippen LogP) is 4.92. The standard InChI is InChI=1S/C31H27NO6/c1-4-37-21-12-8-19(9-13-21)32-29(33)26-23(18-6-10-20(36-3)11-7-18)16-24-22-14-5-17(2)15-25(22)38-31(35)27(24)28(26)30(32)34/h5-16,23,26-28H,4H2,1-3H3/t23-,26+,27-,28+/m1/s1. The molecule has 3 aliphatic rings. The lowest BCUT2D eigenvalue weighted by atomic mass is 9.64. The third-order valence-electron chi connectivity index (χ3n) is 7.66. The highest BCUT2D eigenvalue weighted by atomic mass is 16.5. The van der Waals surface area contributed by atoms with Crippen molar-refractivity contribution in [2.24, 2.45) is 17.8 Å². The number of hydrogen-bond donors (Lipinski definition) is 0. The second kappa shape index (κ2) is 9.17. The van der Waals surface area contributed by atoms with Crippen LogP contribution in [-0.2, 0) is 14.4 Å². The summed E-state index contributed by atoms with van der Waals surface area (Å²) in [4.78, 5) is 42.7. The fourth-order valence-electron chi connectivity index (χ4n) is 5.93. The molecule has 0 N–H and O–H groups in total. The maximum atomic E-state index is 14.0. The van der Waals surface area contributed by atoms with Gasteiger partial charge in [-0.05, 0) is 73.0 Å². The first-order chi connectivity index (χ1) is 18.4. The molecule has 2 aliphatic heterocycles. The van der Waals surface area contributed by atoms with Crippen LogP contribution in [0, 0.1) is 24.7 Å². The van der Waals surface area contributed by atoms with Gasteiger partial charge in [0.25, 0.3) is 0 Å². The summed E-state index contributed by atoms with van der Waals surface area (Å²) in [5, 5.41) is 0. The number of fused-ring (bicyclic) bond motifs is 5. The zero-order valence-corrected chi connectivity index (χ0v) is 21.3. The highest BCUT2D eigenvalue weighted by Gasteiger charge is 2.60. The Balaban J connectivity index is 1.49. The number of methoxy groups -OCH3 is 1. The first kappa shape index (κ1) is 24.0. The van der Waals surface area contributed by atoms with E-state index >= 15 is 0 Å². The normalized spacial score (nSPS) is 23.7. The third-order valence-corrected chi connectivity index (χ3v) is 7.66. The molecule has 7 nitrogen and oxygen atoms in total. The topological polar surface area (TPSA) is 82.1 Å². The Morgan fingerprint density at radius 2 is 1.55 bits per heavy atom. The summed E-state index contributed by atoms with van der Waals surface area (Å²) in [6.07, 6.45) is 1.98. The fourth-order valence-corrected chi connectivity index (χ4v) is 5.93. The predicted molar refractivity (Wildman–Crippen MR) is 141 cm³/mol. The fraction of sp³-hybridized carbons (Fsp3) is 0.258. The van der Waals surface area contributed by atoms with E-state index in [4.69, 9.17) is 14.2 Å². The Kier molecular flexibility index (Phi) is 5.79. The molecule has 1 saturated heterocycles. The maximum Gasteiger partial charge on any atom is 0.319 e. The van der Waals surface area contributed by atoms with Crippen LogP contribution >= 0.6 is 0 Å². The summed E-state index contributed by atoms with van der Waals surface area (Å²) in [7, 11) is 1.60. The minimum Gasteiger partial charge on any atom is -0.497 e. The van der Waals surface area contributed by atoms with Crippen LogP contribution < -0.4 is 19.1 Å². The lowest BCUT2D eigenvalue weighted by Gasteiger charge is -2.38. The van der Waals surface area contributed by atoms with E-state index in [0.29, 0.717) is 29.5 Å². The van der Waals surface area contributed by atoms with E-state index in [2.05, 4.69) is 0 Å². The number of ether oxygens (including phenoxy) is 3. The zero-order valence-electron chi connectivity index (χ0n) is 21.3.